The van der Waals surface area contributed by atoms with Crippen LogP contribution in [0.5, 0.6) is 0 Å². The van der Waals surface area contributed by atoms with Crippen LogP contribution >= 0.6 is 0 Å². The second-order valence-corrected chi connectivity index (χ2v) is 10.5. The molecule has 0 aliphatic carbocycles. The zero-order valence-electron chi connectivity index (χ0n) is 20.2. The fourth-order valence-electron chi connectivity index (χ4n) is 3.82. The predicted molar refractivity (Wildman–Crippen MR) is 129 cm³/mol. The number of hydrogen-bond donors (Lipinski definition) is 3. The van der Waals surface area contributed by atoms with E-state index >= 15 is 0 Å². The minimum Gasteiger partial charge on any atom is -0.480 e. The Bertz CT molecular complexity index is 579. The van der Waals surface area contributed by atoms with Crippen molar-refractivity contribution in [1.29, 1.82) is 0 Å². The standard InChI is InChI=1S/C24H47NO6S/c1-2-3-4-5-6-7-8-9-10-11-12-13-14-15-16-17-18-19-20-25-23(26)21-22(24(27)28)32(29,30)31/h22H,2-21H2,1H3,(H,25,26)(H,27,28)(H,29,30,31). The molecule has 1 unspecified atom stereocenters. The van der Waals surface area contributed by atoms with Crippen molar-refractivity contribution >= 4 is 22.0 Å². The van der Waals surface area contributed by atoms with E-state index in [0.717, 1.165) is 19.3 Å². The van der Waals surface area contributed by atoms with Crippen molar-refractivity contribution in [2.75, 3.05) is 6.54 Å². The largest absolute Gasteiger partial charge is 0.480 e. The SMILES string of the molecule is CCCCCCCCCCCCCCCCCCCCNC(=O)CC(C(=O)O)S(=O)(=O)O. The topological polar surface area (TPSA) is 121 Å². The van der Waals surface area contributed by atoms with Crippen molar-refractivity contribution in [2.24, 2.45) is 0 Å². The Balaban J connectivity index is 3.38. The number of carboxylic acids is 1. The van der Waals surface area contributed by atoms with E-state index in [1.165, 1.54) is 96.3 Å². The van der Waals surface area contributed by atoms with Gasteiger partial charge in [0.2, 0.25) is 5.91 Å². The molecule has 7 nitrogen and oxygen atoms in total. The number of nitrogens with one attached hydrogen (secondary N) is 1. The van der Waals surface area contributed by atoms with E-state index in [9.17, 15) is 18.0 Å². The number of carboxylic acid groups (broad SMARTS) is 1. The van der Waals surface area contributed by atoms with Crippen LogP contribution in [0.4, 0.5) is 0 Å². The van der Waals surface area contributed by atoms with Gasteiger partial charge in [0, 0.05) is 6.54 Å². The molecule has 3 N–H and O–H groups in total. The third-order valence-corrected chi connectivity index (χ3v) is 6.95. The van der Waals surface area contributed by atoms with Crippen LogP contribution in [-0.4, -0.2) is 41.7 Å². The van der Waals surface area contributed by atoms with Crippen LogP contribution in [0.15, 0.2) is 0 Å². The molecule has 0 bridgehead atoms. The average molecular weight is 478 g/mol. The van der Waals surface area contributed by atoms with Crippen molar-refractivity contribution in [1.82, 2.24) is 5.32 Å². The summed E-state index contributed by atoms with van der Waals surface area (Å²) in [6.07, 6.45) is 22.2. The maximum absolute atomic E-state index is 11.6. The molecule has 0 aromatic heterocycles. The van der Waals surface area contributed by atoms with Gasteiger partial charge in [-0.05, 0) is 6.42 Å². The number of amides is 1. The molecule has 0 fully saturated rings. The highest BCUT2D eigenvalue weighted by Gasteiger charge is 2.33. The van der Waals surface area contributed by atoms with E-state index < -0.39 is 33.7 Å². The second-order valence-electron chi connectivity index (χ2n) is 8.91. The van der Waals surface area contributed by atoms with Gasteiger partial charge in [0.1, 0.15) is 0 Å². The van der Waals surface area contributed by atoms with E-state index in [2.05, 4.69) is 12.2 Å². The molecular weight excluding hydrogens is 430 g/mol. The van der Waals surface area contributed by atoms with Gasteiger partial charge in [-0.3, -0.25) is 14.1 Å². The zero-order chi connectivity index (χ0) is 24.1. The first-order valence-electron chi connectivity index (χ1n) is 12.7. The lowest BCUT2D eigenvalue weighted by Gasteiger charge is -2.09. The van der Waals surface area contributed by atoms with Gasteiger partial charge in [0.05, 0.1) is 6.42 Å². The summed E-state index contributed by atoms with van der Waals surface area (Å²) in [4.78, 5) is 22.4. The molecule has 0 aliphatic heterocycles. The maximum atomic E-state index is 11.6. The molecule has 1 amide bonds. The average Bonchev–Trinajstić information content (AvgIpc) is 2.72. The number of unbranched alkanes of at least 4 members (excludes halogenated alkanes) is 17. The van der Waals surface area contributed by atoms with Crippen molar-refractivity contribution < 1.29 is 27.7 Å². The number of rotatable bonds is 23. The molecule has 190 valence electrons. The highest BCUT2D eigenvalue weighted by molar-refractivity contribution is 7.87. The van der Waals surface area contributed by atoms with Crippen molar-refractivity contribution in [3.8, 4) is 0 Å². The third kappa shape index (κ3) is 19.5. The summed E-state index contributed by atoms with van der Waals surface area (Å²) in [7, 11) is -4.78. The summed E-state index contributed by atoms with van der Waals surface area (Å²) < 4.78 is 30.7. The fourth-order valence-corrected chi connectivity index (χ4v) is 4.43. The molecule has 0 aromatic rings. The normalized spacial score (nSPS) is 12.6. The van der Waals surface area contributed by atoms with Gasteiger partial charge in [-0.15, -0.1) is 0 Å². The molecule has 8 heteroatoms. The summed E-state index contributed by atoms with van der Waals surface area (Å²) in [5, 5.41) is 9.18. The smallest absolute Gasteiger partial charge is 0.324 e. The number of carbonyl (C=O) groups is 2. The third-order valence-electron chi connectivity index (χ3n) is 5.86. The van der Waals surface area contributed by atoms with E-state index in [1.54, 1.807) is 0 Å². The van der Waals surface area contributed by atoms with Gasteiger partial charge in [-0.2, -0.15) is 8.42 Å². The molecule has 0 heterocycles. The highest BCUT2D eigenvalue weighted by atomic mass is 32.2. The summed E-state index contributed by atoms with van der Waals surface area (Å²) in [5.41, 5.74) is 0. The number of aliphatic carboxylic acids is 1. The van der Waals surface area contributed by atoms with Crippen molar-refractivity contribution in [2.45, 2.75) is 134 Å². The summed E-state index contributed by atoms with van der Waals surface area (Å²) in [6, 6.07) is 0. The van der Waals surface area contributed by atoms with Crippen LogP contribution < -0.4 is 5.32 Å². The number of carbonyl (C=O) groups excluding carboxylic acids is 1. The minimum absolute atomic E-state index is 0.384. The van der Waals surface area contributed by atoms with Gasteiger partial charge in [-0.25, -0.2) is 0 Å². The maximum Gasteiger partial charge on any atom is 0.324 e. The Morgan fingerprint density at radius 2 is 1.03 bits per heavy atom. The lowest BCUT2D eigenvalue weighted by Crippen LogP contribution is -2.36. The van der Waals surface area contributed by atoms with Crippen molar-refractivity contribution in [3.05, 3.63) is 0 Å². The van der Waals surface area contributed by atoms with E-state index in [-0.39, 0.29) is 0 Å². The minimum atomic E-state index is -4.78. The Morgan fingerprint density at radius 3 is 1.34 bits per heavy atom. The Hall–Kier alpha value is -1.15. The Labute approximate surface area is 195 Å². The number of hydrogen-bond acceptors (Lipinski definition) is 4. The monoisotopic (exact) mass is 477 g/mol. The zero-order valence-corrected chi connectivity index (χ0v) is 21.0. The summed E-state index contributed by atoms with van der Waals surface area (Å²) in [6.45, 7) is 2.64. The molecule has 0 spiro atoms. The van der Waals surface area contributed by atoms with Crippen LogP contribution in [0.25, 0.3) is 0 Å². The van der Waals surface area contributed by atoms with Gasteiger partial charge in [-0.1, -0.05) is 116 Å². The fraction of sp³-hybridized carbons (Fsp3) is 0.917. The molecule has 0 aliphatic rings. The first-order valence-corrected chi connectivity index (χ1v) is 14.2. The molecule has 0 saturated heterocycles. The first kappa shape index (κ1) is 30.9. The van der Waals surface area contributed by atoms with Crippen molar-refractivity contribution in [3.63, 3.8) is 0 Å². The molecule has 0 radical (unpaired) electrons. The first-order chi connectivity index (χ1) is 15.3. The molecule has 0 saturated carbocycles. The second kappa shape index (κ2) is 20.5. The lowest BCUT2D eigenvalue weighted by molar-refractivity contribution is -0.138. The van der Waals surface area contributed by atoms with Crippen LogP contribution in [0.3, 0.4) is 0 Å². The molecule has 32 heavy (non-hydrogen) atoms. The van der Waals surface area contributed by atoms with Gasteiger partial charge >= 0.3 is 5.97 Å². The summed E-state index contributed by atoms with van der Waals surface area (Å²) in [5.74, 6) is -2.40. The molecule has 1 atom stereocenters. The lowest BCUT2D eigenvalue weighted by atomic mass is 10.0. The van der Waals surface area contributed by atoms with Crippen LogP contribution in [0.1, 0.15) is 129 Å². The van der Waals surface area contributed by atoms with Crippen LogP contribution in [0, 0.1) is 0 Å². The summed E-state index contributed by atoms with van der Waals surface area (Å²) >= 11 is 0. The quantitative estimate of drug-likeness (QED) is 0.125. The van der Waals surface area contributed by atoms with Crippen LogP contribution in [-0.2, 0) is 19.7 Å². The van der Waals surface area contributed by atoms with Gasteiger partial charge in [0.25, 0.3) is 10.1 Å². The van der Waals surface area contributed by atoms with E-state index in [0.29, 0.717) is 6.54 Å². The van der Waals surface area contributed by atoms with E-state index in [1.807, 2.05) is 0 Å². The molecule has 0 aromatic carbocycles. The van der Waals surface area contributed by atoms with Gasteiger partial charge < -0.3 is 10.4 Å². The Morgan fingerprint density at radius 1 is 0.688 bits per heavy atom. The van der Waals surface area contributed by atoms with Crippen LogP contribution in [0.2, 0.25) is 0 Å². The predicted octanol–water partition coefficient (Wildman–Crippen LogP) is 5.88. The van der Waals surface area contributed by atoms with E-state index in [4.69, 9.17) is 9.66 Å². The van der Waals surface area contributed by atoms with Gasteiger partial charge in [0.15, 0.2) is 5.25 Å². The molecule has 0 rings (SSSR count). The highest BCUT2D eigenvalue weighted by Crippen LogP contribution is 2.14. The molecular formula is C24H47NO6S. The Kier molecular flexibility index (Phi) is 19.7.